The van der Waals surface area contributed by atoms with Crippen LogP contribution in [0.3, 0.4) is 0 Å². The normalized spacial score (nSPS) is 10.7. The summed E-state index contributed by atoms with van der Waals surface area (Å²) in [7, 11) is 3.24. The van der Waals surface area contributed by atoms with E-state index in [0.717, 1.165) is 27.1 Å². The predicted molar refractivity (Wildman–Crippen MR) is 67.3 cm³/mol. The highest BCUT2D eigenvalue weighted by Gasteiger charge is 2.19. The zero-order chi connectivity index (χ0) is 12.3. The number of halogens is 1. The molecule has 0 aliphatic rings. The number of hydrogen-bond acceptors (Lipinski definition) is 3. The first-order chi connectivity index (χ1) is 7.56. The van der Waals surface area contributed by atoms with Gasteiger partial charge < -0.3 is 14.6 Å². The van der Waals surface area contributed by atoms with Gasteiger partial charge in [-0.3, -0.25) is 0 Å². The van der Waals surface area contributed by atoms with Crippen LogP contribution in [0.5, 0.6) is 11.5 Å². The summed E-state index contributed by atoms with van der Waals surface area (Å²) in [5, 5.41) is 9.25. The van der Waals surface area contributed by atoms with E-state index in [4.69, 9.17) is 9.47 Å². The zero-order valence-electron chi connectivity index (χ0n) is 10.0. The van der Waals surface area contributed by atoms with Crippen molar-refractivity contribution in [3.8, 4) is 11.5 Å². The Hall–Kier alpha value is -0.740. The average Bonchev–Trinajstić information content (AvgIpc) is 2.27. The van der Waals surface area contributed by atoms with Gasteiger partial charge in [-0.1, -0.05) is 13.8 Å². The van der Waals surface area contributed by atoms with Gasteiger partial charge in [-0.05, 0) is 33.5 Å². The van der Waals surface area contributed by atoms with Gasteiger partial charge in [0.15, 0.2) is 0 Å². The zero-order valence-corrected chi connectivity index (χ0v) is 11.6. The fourth-order valence-electron chi connectivity index (χ4n) is 1.71. The molecule has 16 heavy (non-hydrogen) atoms. The molecule has 0 fully saturated rings. The smallest absolute Gasteiger partial charge is 0.140 e. The summed E-state index contributed by atoms with van der Waals surface area (Å²) < 4.78 is 11.5. The summed E-state index contributed by atoms with van der Waals surface area (Å²) in [6.45, 7) is 4.10. The van der Waals surface area contributed by atoms with E-state index in [0.29, 0.717) is 0 Å². The molecular weight excluding hydrogens is 272 g/mol. The predicted octanol–water partition coefficient (Wildman–Crippen LogP) is 3.08. The minimum absolute atomic E-state index is 0.0499. The molecule has 1 rings (SSSR count). The summed E-state index contributed by atoms with van der Waals surface area (Å²) in [5.41, 5.74) is 1.77. The molecule has 0 radical (unpaired) electrons. The number of aliphatic hydroxyl groups is 1. The molecule has 1 N–H and O–H groups in total. The van der Waals surface area contributed by atoms with E-state index in [1.54, 1.807) is 14.2 Å². The highest BCUT2D eigenvalue weighted by atomic mass is 79.9. The fraction of sp³-hybridized carbons (Fsp3) is 0.500. The van der Waals surface area contributed by atoms with E-state index in [1.165, 1.54) is 0 Å². The summed E-state index contributed by atoms with van der Waals surface area (Å²) in [6, 6.07) is 1.84. The van der Waals surface area contributed by atoms with Crippen LogP contribution in [0.4, 0.5) is 0 Å². The van der Waals surface area contributed by atoms with Gasteiger partial charge in [0.2, 0.25) is 0 Å². The fourth-order valence-corrected chi connectivity index (χ4v) is 2.32. The molecule has 0 amide bonds. The maximum absolute atomic E-state index is 9.25. The maximum atomic E-state index is 9.25. The van der Waals surface area contributed by atoms with Crippen LogP contribution in [0.25, 0.3) is 0 Å². The molecule has 0 bridgehead atoms. The van der Waals surface area contributed by atoms with Crippen LogP contribution in [0.15, 0.2) is 10.5 Å². The second kappa shape index (κ2) is 5.55. The number of benzene rings is 1. The minimum Gasteiger partial charge on any atom is -0.496 e. The first-order valence-electron chi connectivity index (χ1n) is 5.10. The van der Waals surface area contributed by atoms with Crippen LogP contribution in [0.1, 0.15) is 30.9 Å². The van der Waals surface area contributed by atoms with Crippen molar-refractivity contribution in [2.45, 2.75) is 26.4 Å². The van der Waals surface area contributed by atoms with Crippen molar-refractivity contribution in [2.24, 2.45) is 0 Å². The van der Waals surface area contributed by atoms with Gasteiger partial charge in [0.1, 0.15) is 11.5 Å². The second-order valence-corrected chi connectivity index (χ2v) is 4.60. The van der Waals surface area contributed by atoms with Gasteiger partial charge in [-0.15, -0.1) is 0 Å². The van der Waals surface area contributed by atoms with Crippen molar-refractivity contribution in [3.05, 3.63) is 21.7 Å². The molecule has 0 spiro atoms. The number of rotatable bonds is 4. The molecule has 0 aromatic heterocycles. The molecule has 4 heteroatoms. The molecule has 3 nitrogen and oxygen atoms in total. The van der Waals surface area contributed by atoms with Crippen LogP contribution in [-0.2, 0) is 6.61 Å². The van der Waals surface area contributed by atoms with Gasteiger partial charge in [0.05, 0.1) is 25.3 Å². The molecular formula is C12H17BrO3. The van der Waals surface area contributed by atoms with Crippen LogP contribution in [0.2, 0.25) is 0 Å². The van der Waals surface area contributed by atoms with E-state index >= 15 is 0 Å². The average molecular weight is 289 g/mol. The molecule has 0 saturated carbocycles. The SMILES string of the molecule is COc1cc(CO)c(Br)c(OC)c1C(C)C. The van der Waals surface area contributed by atoms with Crippen LogP contribution in [0, 0.1) is 0 Å². The number of hydrogen-bond donors (Lipinski definition) is 1. The van der Waals surface area contributed by atoms with E-state index < -0.39 is 0 Å². The Morgan fingerprint density at radius 1 is 1.31 bits per heavy atom. The van der Waals surface area contributed by atoms with Gasteiger partial charge in [0.25, 0.3) is 0 Å². The molecule has 0 heterocycles. The van der Waals surface area contributed by atoms with Crippen LogP contribution < -0.4 is 9.47 Å². The van der Waals surface area contributed by atoms with Gasteiger partial charge in [-0.2, -0.15) is 0 Å². The van der Waals surface area contributed by atoms with Crippen molar-refractivity contribution in [1.29, 1.82) is 0 Å². The lowest BCUT2D eigenvalue weighted by Gasteiger charge is -2.19. The topological polar surface area (TPSA) is 38.7 Å². The van der Waals surface area contributed by atoms with E-state index in [9.17, 15) is 5.11 Å². The molecule has 90 valence electrons. The standard InChI is InChI=1S/C12H17BrO3/c1-7(2)10-9(15-3)5-8(6-14)11(13)12(10)16-4/h5,7,14H,6H2,1-4H3. The van der Waals surface area contributed by atoms with E-state index in [-0.39, 0.29) is 12.5 Å². The van der Waals surface area contributed by atoms with Crippen molar-refractivity contribution in [2.75, 3.05) is 14.2 Å². The second-order valence-electron chi connectivity index (χ2n) is 3.81. The molecule has 0 atom stereocenters. The highest BCUT2D eigenvalue weighted by molar-refractivity contribution is 9.10. The Kier molecular flexibility index (Phi) is 4.62. The Labute approximate surface area is 105 Å². The molecule has 0 aliphatic heterocycles. The number of aliphatic hydroxyl groups excluding tert-OH is 1. The van der Waals surface area contributed by atoms with Gasteiger partial charge in [0, 0.05) is 5.56 Å². The lowest BCUT2D eigenvalue weighted by atomic mass is 9.99. The first-order valence-corrected chi connectivity index (χ1v) is 5.90. The van der Waals surface area contributed by atoms with Crippen molar-refractivity contribution in [1.82, 2.24) is 0 Å². The lowest BCUT2D eigenvalue weighted by molar-refractivity contribution is 0.278. The number of methoxy groups -OCH3 is 2. The Morgan fingerprint density at radius 3 is 2.31 bits per heavy atom. The van der Waals surface area contributed by atoms with Crippen LogP contribution in [-0.4, -0.2) is 19.3 Å². The number of ether oxygens (including phenoxy) is 2. The third-order valence-corrected chi connectivity index (χ3v) is 3.34. The third kappa shape index (κ3) is 2.33. The van der Waals surface area contributed by atoms with Crippen molar-refractivity contribution in [3.63, 3.8) is 0 Å². The van der Waals surface area contributed by atoms with E-state index in [1.807, 2.05) is 6.07 Å². The highest BCUT2D eigenvalue weighted by Crippen LogP contribution is 2.42. The molecule has 0 aliphatic carbocycles. The van der Waals surface area contributed by atoms with Crippen LogP contribution >= 0.6 is 15.9 Å². The maximum Gasteiger partial charge on any atom is 0.140 e. The molecule has 1 aromatic rings. The first kappa shape index (κ1) is 13.3. The monoisotopic (exact) mass is 288 g/mol. The largest absolute Gasteiger partial charge is 0.496 e. The van der Waals surface area contributed by atoms with Crippen molar-refractivity contribution < 1.29 is 14.6 Å². The quantitative estimate of drug-likeness (QED) is 0.925. The van der Waals surface area contributed by atoms with Gasteiger partial charge >= 0.3 is 0 Å². The summed E-state index contributed by atoms with van der Waals surface area (Å²) >= 11 is 3.44. The Morgan fingerprint density at radius 2 is 1.94 bits per heavy atom. The molecule has 0 unspecified atom stereocenters. The van der Waals surface area contributed by atoms with E-state index in [2.05, 4.69) is 29.8 Å². The van der Waals surface area contributed by atoms with Crippen molar-refractivity contribution >= 4 is 15.9 Å². The lowest BCUT2D eigenvalue weighted by Crippen LogP contribution is -2.02. The molecule has 0 saturated heterocycles. The third-order valence-electron chi connectivity index (χ3n) is 2.47. The Balaban J connectivity index is 3.50. The summed E-state index contributed by atoms with van der Waals surface area (Å²) in [5.74, 6) is 1.77. The minimum atomic E-state index is -0.0499. The van der Waals surface area contributed by atoms with Gasteiger partial charge in [-0.25, -0.2) is 0 Å². The molecule has 1 aromatic carbocycles. The summed E-state index contributed by atoms with van der Waals surface area (Å²) in [4.78, 5) is 0. The summed E-state index contributed by atoms with van der Waals surface area (Å²) in [6.07, 6.45) is 0. The Bertz CT molecular complexity index is 375.